The first-order valence-corrected chi connectivity index (χ1v) is 5.58. The highest BCUT2D eigenvalue weighted by Gasteiger charge is 2.28. The molecule has 17 heavy (non-hydrogen) atoms. The van der Waals surface area contributed by atoms with Crippen molar-refractivity contribution in [3.63, 3.8) is 0 Å². The van der Waals surface area contributed by atoms with Crippen molar-refractivity contribution in [3.05, 3.63) is 0 Å². The van der Waals surface area contributed by atoms with Crippen LogP contribution in [-0.2, 0) is 9.53 Å². The molecule has 3 N–H and O–H groups in total. The Morgan fingerprint density at radius 3 is 2.82 bits per heavy atom. The molecular weight excluding hydrogens is 228 g/mol. The van der Waals surface area contributed by atoms with Crippen molar-refractivity contribution in [2.24, 2.45) is 0 Å². The van der Waals surface area contributed by atoms with Crippen LogP contribution in [0.4, 0.5) is 4.79 Å². The molecule has 0 aliphatic carbocycles. The molecule has 0 aromatic heterocycles. The predicted octanol–water partition coefficient (Wildman–Crippen LogP) is -0.748. The number of amides is 2. The molecule has 0 aromatic rings. The molecule has 1 aliphatic rings. The quantitative estimate of drug-likeness (QED) is 0.606. The number of aliphatic hydroxyl groups is 1. The van der Waals surface area contributed by atoms with Crippen LogP contribution in [0.25, 0.3) is 0 Å². The van der Waals surface area contributed by atoms with Gasteiger partial charge in [-0.05, 0) is 6.42 Å². The number of rotatable bonds is 4. The summed E-state index contributed by atoms with van der Waals surface area (Å²) in [5, 5.41) is 19.8. The standard InChI is InChI=1S/C10H18N2O5/c1-2-7-6-17-4-3-12(7)10(16)11-8(5-13)9(14)15/h7-8,13H,2-6H2,1H3,(H,11,16)(H,14,15)/t7?,8-/m1/s1. The van der Waals surface area contributed by atoms with E-state index in [1.165, 1.54) is 0 Å². The summed E-state index contributed by atoms with van der Waals surface area (Å²) in [5.74, 6) is -1.25. The van der Waals surface area contributed by atoms with Crippen LogP contribution in [0.1, 0.15) is 13.3 Å². The highest BCUT2D eigenvalue weighted by Crippen LogP contribution is 2.10. The summed E-state index contributed by atoms with van der Waals surface area (Å²) < 4.78 is 5.24. The third-order valence-electron chi connectivity index (χ3n) is 2.74. The number of hydrogen-bond donors (Lipinski definition) is 3. The van der Waals surface area contributed by atoms with Gasteiger partial charge in [0.25, 0.3) is 0 Å². The van der Waals surface area contributed by atoms with Gasteiger partial charge in [-0.15, -0.1) is 0 Å². The zero-order valence-corrected chi connectivity index (χ0v) is 9.76. The largest absolute Gasteiger partial charge is 0.480 e. The Balaban J connectivity index is 2.58. The highest BCUT2D eigenvalue weighted by molar-refractivity contribution is 5.82. The number of carbonyl (C=O) groups is 2. The first-order chi connectivity index (χ1) is 8.10. The number of aliphatic carboxylic acids is 1. The second-order valence-electron chi connectivity index (χ2n) is 3.85. The summed E-state index contributed by atoms with van der Waals surface area (Å²) in [6.45, 7) is 2.65. The van der Waals surface area contributed by atoms with Gasteiger partial charge in [0.2, 0.25) is 0 Å². The number of ether oxygens (including phenoxy) is 1. The van der Waals surface area contributed by atoms with E-state index < -0.39 is 24.6 Å². The van der Waals surface area contributed by atoms with Gasteiger partial charge in [0.15, 0.2) is 6.04 Å². The highest BCUT2D eigenvalue weighted by atomic mass is 16.5. The van der Waals surface area contributed by atoms with E-state index >= 15 is 0 Å². The van der Waals surface area contributed by atoms with E-state index in [-0.39, 0.29) is 6.04 Å². The maximum absolute atomic E-state index is 11.8. The van der Waals surface area contributed by atoms with Crippen LogP contribution in [0.3, 0.4) is 0 Å². The van der Waals surface area contributed by atoms with Gasteiger partial charge in [-0.1, -0.05) is 6.92 Å². The lowest BCUT2D eigenvalue weighted by Gasteiger charge is -2.35. The van der Waals surface area contributed by atoms with Gasteiger partial charge < -0.3 is 25.2 Å². The molecule has 0 aromatic carbocycles. The number of carboxylic acid groups (broad SMARTS) is 1. The molecular formula is C10H18N2O5. The molecule has 0 saturated carbocycles. The molecule has 1 unspecified atom stereocenters. The fraction of sp³-hybridized carbons (Fsp3) is 0.800. The van der Waals surface area contributed by atoms with Crippen molar-refractivity contribution in [1.82, 2.24) is 10.2 Å². The van der Waals surface area contributed by atoms with Gasteiger partial charge in [-0.3, -0.25) is 0 Å². The van der Waals surface area contributed by atoms with E-state index in [2.05, 4.69) is 5.32 Å². The minimum absolute atomic E-state index is 0.0445. The van der Waals surface area contributed by atoms with Crippen molar-refractivity contribution in [3.8, 4) is 0 Å². The van der Waals surface area contributed by atoms with E-state index in [0.29, 0.717) is 19.8 Å². The number of carboxylic acids is 1. The summed E-state index contributed by atoms with van der Waals surface area (Å²) in [7, 11) is 0. The smallest absolute Gasteiger partial charge is 0.328 e. The number of urea groups is 1. The van der Waals surface area contributed by atoms with Gasteiger partial charge in [0.1, 0.15) is 0 Å². The van der Waals surface area contributed by atoms with E-state index in [4.69, 9.17) is 14.9 Å². The maximum atomic E-state index is 11.8. The molecule has 7 heteroatoms. The molecule has 0 radical (unpaired) electrons. The first kappa shape index (κ1) is 13.7. The average Bonchev–Trinajstić information content (AvgIpc) is 2.35. The zero-order chi connectivity index (χ0) is 12.8. The number of hydrogen-bond acceptors (Lipinski definition) is 4. The third kappa shape index (κ3) is 3.57. The Morgan fingerprint density at radius 1 is 1.59 bits per heavy atom. The number of nitrogens with zero attached hydrogens (tertiary/aromatic N) is 1. The lowest BCUT2D eigenvalue weighted by Crippen LogP contribution is -2.56. The van der Waals surface area contributed by atoms with Crippen molar-refractivity contribution >= 4 is 12.0 Å². The summed E-state index contributed by atoms with van der Waals surface area (Å²) in [6, 6.07) is -1.78. The Labute approximate surface area is 99.4 Å². The van der Waals surface area contributed by atoms with Crippen LogP contribution in [-0.4, -0.2) is 65.6 Å². The van der Waals surface area contributed by atoms with E-state index in [0.717, 1.165) is 6.42 Å². The Bertz CT molecular complexity index is 284. The van der Waals surface area contributed by atoms with Gasteiger partial charge in [0, 0.05) is 6.54 Å². The summed E-state index contributed by atoms with van der Waals surface area (Å²) >= 11 is 0. The Morgan fingerprint density at radius 2 is 2.29 bits per heavy atom. The molecule has 1 fully saturated rings. The van der Waals surface area contributed by atoms with Crippen LogP contribution < -0.4 is 5.32 Å². The summed E-state index contributed by atoms with van der Waals surface area (Å²) in [5.41, 5.74) is 0. The number of aliphatic hydroxyl groups excluding tert-OH is 1. The molecule has 2 atom stereocenters. The van der Waals surface area contributed by atoms with Crippen LogP contribution in [0.2, 0.25) is 0 Å². The van der Waals surface area contributed by atoms with Gasteiger partial charge in [-0.25, -0.2) is 9.59 Å². The molecule has 2 amide bonds. The van der Waals surface area contributed by atoms with Crippen LogP contribution in [0.5, 0.6) is 0 Å². The third-order valence-corrected chi connectivity index (χ3v) is 2.74. The van der Waals surface area contributed by atoms with Crippen molar-refractivity contribution in [2.45, 2.75) is 25.4 Å². The predicted molar refractivity (Wildman–Crippen MR) is 58.6 cm³/mol. The number of nitrogens with one attached hydrogen (secondary N) is 1. The Hall–Kier alpha value is -1.34. The molecule has 1 heterocycles. The molecule has 7 nitrogen and oxygen atoms in total. The molecule has 0 spiro atoms. The number of carbonyl (C=O) groups excluding carboxylic acids is 1. The van der Waals surface area contributed by atoms with Crippen molar-refractivity contribution in [1.29, 1.82) is 0 Å². The normalized spacial score (nSPS) is 22.0. The van der Waals surface area contributed by atoms with E-state index in [1.807, 2.05) is 6.92 Å². The lowest BCUT2D eigenvalue weighted by atomic mass is 10.2. The van der Waals surface area contributed by atoms with Crippen molar-refractivity contribution < 1.29 is 24.5 Å². The topological polar surface area (TPSA) is 99.1 Å². The summed E-state index contributed by atoms with van der Waals surface area (Å²) in [6.07, 6.45) is 0.740. The van der Waals surface area contributed by atoms with Crippen LogP contribution >= 0.6 is 0 Å². The fourth-order valence-electron chi connectivity index (χ4n) is 1.68. The second-order valence-corrected chi connectivity index (χ2v) is 3.85. The summed E-state index contributed by atoms with van der Waals surface area (Å²) in [4.78, 5) is 24.1. The average molecular weight is 246 g/mol. The fourth-order valence-corrected chi connectivity index (χ4v) is 1.68. The molecule has 98 valence electrons. The van der Waals surface area contributed by atoms with Crippen LogP contribution in [0.15, 0.2) is 0 Å². The van der Waals surface area contributed by atoms with Crippen LogP contribution in [0, 0.1) is 0 Å². The minimum Gasteiger partial charge on any atom is -0.480 e. The monoisotopic (exact) mass is 246 g/mol. The van der Waals surface area contributed by atoms with Gasteiger partial charge in [0.05, 0.1) is 25.9 Å². The zero-order valence-electron chi connectivity index (χ0n) is 9.76. The Kier molecular flexibility index (Phi) is 5.17. The molecule has 1 aliphatic heterocycles. The lowest BCUT2D eigenvalue weighted by molar-refractivity contribution is -0.140. The second kappa shape index (κ2) is 6.41. The SMILES string of the molecule is CCC1COCCN1C(=O)N[C@H](CO)C(=O)O. The molecule has 0 bridgehead atoms. The van der Waals surface area contributed by atoms with Gasteiger partial charge >= 0.3 is 12.0 Å². The first-order valence-electron chi connectivity index (χ1n) is 5.58. The maximum Gasteiger partial charge on any atom is 0.328 e. The molecule has 1 saturated heterocycles. The minimum atomic E-state index is -1.26. The van der Waals surface area contributed by atoms with E-state index in [9.17, 15) is 9.59 Å². The van der Waals surface area contributed by atoms with Crippen molar-refractivity contribution in [2.75, 3.05) is 26.4 Å². The molecule has 1 rings (SSSR count). The number of morpholine rings is 1. The van der Waals surface area contributed by atoms with E-state index in [1.54, 1.807) is 4.90 Å². The van der Waals surface area contributed by atoms with Gasteiger partial charge in [-0.2, -0.15) is 0 Å².